The number of fused-ring (bicyclic) bond motifs is 1. The highest BCUT2D eigenvalue weighted by atomic mass is 16.2. The van der Waals surface area contributed by atoms with Crippen molar-refractivity contribution in [1.82, 2.24) is 25.6 Å². The Kier molecular flexibility index (Phi) is 4.11. The minimum Gasteiger partial charge on any atom is -0.357 e. The molecule has 8 heteroatoms. The van der Waals surface area contributed by atoms with Gasteiger partial charge in [0.1, 0.15) is 5.69 Å². The Bertz CT molecular complexity index is 960. The molecule has 0 saturated carbocycles. The number of aromatic amines is 1. The van der Waals surface area contributed by atoms with E-state index in [0.29, 0.717) is 22.2 Å². The highest BCUT2D eigenvalue weighted by Crippen LogP contribution is 2.13. The third-order valence-electron chi connectivity index (χ3n) is 3.52. The average molecular weight is 325 g/mol. The molecule has 2 aromatic heterocycles. The Hall–Kier alpha value is -3.42. The first-order chi connectivity index (χ1) is 11.6. The Labute approximate surface area is 136 Å². The summed E-state index contributed by atoms with van der Waals surface area (Å²) < 4.78 is 1.20. The van der Waals surface area contributed by atoms with Crippen LogP contribution in [0.4, 0.5) is 0 Å². The highest BCUT2D eigenvalue weighted by molar-refractivity contribution is 5.94. The quantitative estimate of drug-likeness (QED) is 0.600. The smallest absolute Gasteiger partial charge is 0.286 e. The normalized spacial score (nSPS) is 10.5. The molecule has 0 spiro atoms. The summed E-state index contributed by atoms with van der Waals surface area (Å²) in [5, 5.41) is 5.25. The second-order valence-electron chi connectivity index (χ2n) is 5.18. The van der Waals surface area contributed by atoms with Crippen molar-refractivity contribution < 1.29 is 9.59 Å². The molecule has 3 rings (SSSR count). The van der Waals surface area contributed by atoms with Gasteiger partial charge in [-0.1, -0.05) is 18.2 Å². The lowest BCUT2D eigenvalue weighted by molar-refractivity contribution is -0.121. The van der Waals surface area contributed by atoms with Gasteiger partial charge in [-0.2, -0.15) is 5.10 Å². The molecule has 0 fully saturated rings. The van der Waals surface area contributed by atoms with Crippen molar-refractivity contribution >= 4 is 22.6 Å². The molecule has 3 N–H and O–H groups in total. The number of amides is 2. The zero-order chi connectivity index (χ0) is 17.1. The number of hydrogen-bond donors (Lipinski definition) is 3. The summed E-state index contributed by atoms with van der Waals surface area (Å²) in [6.07, 6.45) is 1.54. The standard InChI is InChI=1S/C16H15N5O3/c1-21-16(24)11-6-3-2-5-10(11)13(20-21)9-14(22)18-19-15(23)12-7-4-8-17-12/h2-8,17H,9H2,1H3,(H,18,22)(H,19,23). The Morgan fingerprint density at radius 3 is 2.58 bits per heavy atom. The first-order valence-corrected chi connectivity index (χ1v) is 7.24. The molecule has 0 aliphatic carbocycles. The summed E-state index contributed by atoms with van der Waals surface area (Å²) in [7, 11) is 1.53. The van der Waals surface area contributed by atoms with Gasteiger partial charge in [-0.25, -0.2) is 4.68 Å². The predicted molar refractivity (Wildman–Crippen MR) is 87.1 cm³/mol. The number of aromatic nitrogens is 3. The maximum Gasteiger partial charge on any atom is 0.286 e. The minimum absolute atomic E-state index is 0.0698. The molecule has 0 aliphatic heterocycles. The van der Waals surface area contributed by atoms with Crippen molar-refractivity contribution in [1.29, 1.82) is 0 Å². The molecule has 0 aliphatic rings. The van der Waals surface area contributed by atoms with E-state index in [-0.39, 0.29) is 12.0 Å². The monoisotopic (exact) mass is 325 g/mol. The Balaban J connectivity index is 1.75. The number of carbonyl (C=O) groups excluding carboxylic acids is 2. The fourth-order valence-corrected chi connectivity index (χ4v) is 2.37. The molecule has 3 aromatic rings. The number of hydrazine groups is 1. The van der Waals surface area contributed by atoms with Crippen LogP contribution in [0.25, 0.3) is 10.8 Å². The van der Waals surface area contributed by atoms with Crippen LogP contribution in [-0.4, -0.2) is 26.6 Å². The van der Waals surface area contributed by atoms with Gasteiger partial charge < -0.3 is 4.98 Å². The molecule has 1 aromatic carbocycles. The van der Waals surface area contributed by atoms with Crippen LogP contribution in [0, 0.1) is 0 Å². The van der Waals surface area contributed by atoms with E-state index in [0.717, 1.165) is 0 Å². The Morgan fingerprint density at radius 2 is 1.88 bits per heavy atom. The van der Waals surface area contributed by atoms with Gasteiger partial charge in [0.25, 0.3) is 11.5 Å². The van der Waals surface area contributed by atoms with Crippen molar-refractivity contribution in [2.75, 3.05) is 0 Å². The van der Waals surface area contributed by atoms with Crippen LogP contribution >= 0.6 is 0 Å². The number of nitrogens with zero attached hydrogens (tertiary/aromatic N) is 2. The van der Waals surface area contributed by atoms with Crippen LogP contribution in [0.15, 0.2) is 47.4 Å². The van der Waals surface area contributed by atoms with Crippen molar-refractivity contribution in [3.63, 3.8) is 0 Å². The number of H-pyrrole nitrogens is 1. The lowest BCUT2D eigenvalue weighted by atomic mass is 10.1. The molecule has 0 atom stereocenters. The fraction of sp³-hybridized carbons (Fsp3) is 0.125. The van der Waals surface area contributed by atoms with Gasteiger partial charge in [0.15, 0.2) is 0 Å². The molecule has 0 unspecified atom stereocenters. The molecule has 8 nitrogen and oxygen atoms in total. The van der Waals surface area contributed by atoms with Crippen LogP contribution in [-0.2, 0) is 18.3 Å². The highest BCUT2D eigenvalue weighted by Gasteiger charge is 2.13. The van der Waals surface area contributed by atoms with Crippen molar-refractivity contribution in [3.05, 3.63) is 64.3 Å². The molecular formula is C16H15N5O3. The van der Waals surface area contributed by atoms with Crippen molar-refractivity contribution in [3.8, 4) is 0 Å². The van der Waals surface area contributed by atoms with E-state index in [4.69, 9.17) is 0 Å². The number of aryl methyl sites for hydroxylation is 1. The summed E-state index contributed by atoms with van der Waals surface area (Å²) in [5.74, 6) is -0.891. The van der Waals surface area contributed by atoms with Crippen LogP contribution in [0.5, 0.6) is 0 Å². The fourth-order valence-electron chi connectivity index (χ4n) is 2.37. The van der Waals surface area contributed by atoms with Crippen LogP contribution < -0.4 is 16.4 Å². The van der Waals surface area contributed by atoms with Crippen LogP contribution in [0.2, 0.25) is 0 Å². The van der Waals surface area contributed by atoms with E-state index < -0.39 is 11.8 Å². The van der Waals surface area contributed by atoms with E-state index in [1.165, 1.54) is 11.7 Å². The molecule has 0 bridgehead atoms. The molecular weight excluding hydrogens is 310 g/mol. The van der Waals surface area contributed by atoms with Crippen molar-refractivity contribution in [2.45, 2.75) is 6.42 Å². The lowest BCUT2D eigenvalue weighted by Gasteiger charge is -2.09. The van der Waals surface area contributed by atoms with Gasteiger partial charge in [-0.05, 0) is 18.2 Å². The maximum absolute atomic E-state index is 12.1. The summed E-state index contributed by atoms with van der Waals surface area (Å²) >= 11 is 0. The van der Waals surface area contributed by atoms with Gasteiger partial charge in [0.05, 0.1) is 17.5 Å². The van der Waals surface area contributed by atoms with Gasteiger partial charge >= 0.3 is 0 Å². The van der Waals surface area contributed by atoms with E-state index >= 15 is 0 Å². The third kappa shape index (κ3) is 3.02. The first-order valence-electron chi connectivity index (χ1n) is 7.24. The number of carbonyl (C=O) groups is 2. The van der Waals surface area contributed by atoms with E-state index in [9.17, 15) is 14.4 Å². The maximum atomic E-state index is 12.1. The third-order valence-corrected chi connectivity index (χ3v) is 3.52. The molecule has 0 radical (unpaired) electrons. The number of nitrogens with one attached hydrogen (secondary N) is 3. The summed E-state index contributed by atoms with van der Waals surface area (Å²) in [6.45, 7) is 0. The number of benzene rings is 1. The molecule has 0 saturated heterocycles. The van der Waals surface area contributed by atoms with Gasteiger partial charge in [0.2, 0.25) is 5.91 Å². The zero-order valence-electron chi connectivity index (χ0n) is 12.9. The molecule has 2 amide bonds. The van der Waals surface area contributed by atoms with E-state index in [2.05, 4.69) is 20.9 Å². The number of hydrogen-bond acceptors (Lipinski definition) is 4. The molecule has 24 heavy (non-hydrogen) atoms. The zero-order valence-corrected chi connectivity index (χ0v) is 12.9. The topological polar surface area (TPSA) is 109 Å². The summed E-state index contributed by atoms with van der Waals surface area (Å²) in [4.78, 5) is 38.6. The lowest BCUT2D eigenvalue weighted by Crippen LogP contribution is -2.42. The Morgan fingerprint density at radius 1 is 1.12 bits per heavy atom. The summed E-state index contributed by atoms with van der Waals surface area (Å²) in [6, 6.07) is 10.2. The van der Waals surface area contributed by atoms with Gasteiger partial charge in [-0.15, -0.1) is 0 Å². The van der Waals surface area contributed by atoms with Crippen LogP contribution in [0.3, 0.4) is 0 Å². The van der Waals surface area contributed by atoms with E-state index in [1.807, 2.05) is 0 Å². The SMILES string of the molecule is Cn1nc(CC(=O)NNC(=O)c2ccc[nH]2)c2ccccc2c1=O. The minimum atomic E-state index is -0.452. The average Bonchev–Trinajstić information content (AvgIpc) is 3.12. The molecule has 122 valence electrons. The second kappa shape index (κ2) is 6.37. The van der Waals surface area contributed by atoms with Gasteiger partial charge in [0, 0.05) is 18.6 Å². The largest absolute Gasteiger partial charge is 0.357 e. The van der Waals surface area contributed by atoms with Crippen molar-refractivity contribution in [2.24, 2.45) is 7.05 Å². The second-order valence-corrected chi connectivity index (χ2v) is 5.18. The molecule has 2 heterocycles. The van der Waals surface area contributed by atoms with Crippen LogP contribution in [0.1, 0.15) is 16.2 Å². The predicted octanol–water partition coefficient (Wildman–Crippen LogP) is 0.265. The number of rotatable bonds is 3. The summed E-state index contributed by atoms with van der Waals surface area (Å²) in [5.41, 5.74) is 5.21. The first kappa shape index (κ1) is 15.5. The van der Waals surface area contributed by atoms with E-state index in [1.54, 1.807) is 42.6 Å². The van der Waals surface area contributed by atoms with Gasteiger partial charge in [-0.3, -0.25) is 25.2 Å².